The highest BCUT2D eigenvalue weighted by Gasteiger charge is 2.30. The van der Waals surface area contributed by atoms with Crippen LogP contribution < -0.4 is 4.74 Å². The second kappa shape index (κ2) is 5.88. The Morgan fingerprint density at radius 2 is 1.68 bits per heavy atom. The average molecular weight is 289 g/mol. The van der Waals surface area contributed by atoms with Crippen LogP contribution in [0, 0.1) is 0 Å². The summed E-state index contributed by atoms with van der Waals surface area (Å²) in [7, 11) is 0. The molecule has 6 heteroatoms. The van der Waals surface area contributed by atoms with Crippen LogP contribution in [0.5, 0.6) is 5.75 Å². The molecule has 2 nitrogen and oxygen atoms in total. The maximum Gasteiger partial charge on any atom is 0.573 e. The predicted molar refractivity (Wildman–Crippen MR) is 68.9 cm³/mol. The minimum atomic E-state index is -4.64. The third-order valence-corrected chi connectivity index (χ3v) is 3.83. The van der Waals surface area contributed by atoms with Crippen molar-refractivity contribution in [2.75, 3.05) is 13.1 Å². The van der Waals surface area contributed by atoms with Crippen LogP contribution in [0.4, 0.5) is 13.2 Å². The monoisotopic (exact) mass is 289 g/mol. The molecule has 0 saturated carbocycles. The van der Waals surface area contributed by atoms with Crippen molar-refractivity contribution in [3.8, 4) is 5.75 Å². The molecule has 1 aromatic carbocycles. The van der Waals surface area contributed by atoms with E-state index >= 15 is 0 Å². The van der Waals surface area contributed by atoms with Gasteiger partial charge in [-0.25, -0.2) is 4.31 Å². The van der Waals surface area contributed by atoms with E-state index in [0.29, 0.717) is 0 Å². The number of nitrogens with zero attached hydrogens (tertiary/aromatic N) is 1. The Bertz CT molecular complexity index is 434. The summed E-state index contributed by atoms with van der Waals surface area (Å²) in [4.78, 5) is 0.905. The molecule has 0 aliphatic carbocycles. The van der Waals surface area contributed by atoms with Gasteiger partial charge < -0.3 is 4.74 Å². The van der Waals surface area contributed by atoms with Gasteiger partial charge in [0, 0.05) is 18.0 Å². The fraction of sp³-hybridized carbons (Fsp3) is 0.385. The van der Waals surface area contributed by atoms with Gasteiger partial charge in [-0.3, -0.25) is 0 Å². The number of halogens is 3. The molecule has 0 N–H and O–H groups in total. The zero-order valence-corrected chi connectivity index (χ0v) is 11.1. The molecule has 1 aromatic rings. The van der Waals surface area contributed by atoms with Gasteiger partial charge in [-0.1, -0.05) is 12.2 Å². The smallest absolute Gasteiger partial charge is 0.406 e. The van der Waals surface area contributed by atoms with Crippen LogP contribution in [0.25, 0.3) is 0 Å². The van der Waals surface area contributed by atoms with Crippen molar-refractivity contribution in [2.24, 2.45) is 0 Å². The maximum absolute atomic E-state index is 12.0. The summed E-state index contributed by atoms with van der Waals surface area (Å²) in [6, 6.07) is 5.93. The van der Waals surface area contributed by atoms with Crippen molar-refractivity contribution in [1.82, 2.24) is 4.31 Å². The molecule has 1 saturated heterocycles. The zero-order chi connectivity index (χ0) is 13.9. The predicted octanol–water partition coefficient (Wildman–Crippen LogP) is 4.24. The summed E-state index contributed by atoms with van der Waals surface area (Å²) in [6.45, 7) is 5.78. The van der Waals surface area contributed by atoms with Crippen LogP contribution in [0.2, 0.25) is 0 Å². The highest BCUT2D eigenvalue weighted by atomic mass is 32.2. The number of hydrogen-bond acceptors (Lipinski definition) is 3. The van der Waals surface area contributed by atoms with E-state index in [1.807, 2.05) is 0 Å². The topological polar surface area (TPSA) is 12.5 Å². The number of alkyl halides is 3. The molecule has 104 valence electrons. The Balaban J connectivity index is 1.90. The molecule has 1 heterocycles. The number of rotatable bonds is 3. The molecule has 0 radical (unpaired) electrons. The Morgan fingerprint density at radius 3 is 2.21 bits per heavy atom. The molecule has 0 atom stereocenters. The molecular weight excluding hydrogens is 275 g/mol. The number of piperidine rings is 1. The second-order valence-corrected chi connectivity index (χ2v) is 5.46. The summed E-state index contributed by atoms with van der Waals surface area (Å²) in [5, 5.41) is 0. The standard InChI is InChI=1S/C13H14F3NOS/c1-10-6-8-17(9-7-10)19-12-4-2-11(3-5-12)18-13(14,15)16/h2-5H,1,6-9H2. The summed E-state index contributed by atoms with van der Waals surface area (Å²) >= 11 is 1.55. The van der Waals surface area contributed by atoms with Gasteiger partial charge in [-0.05, 0) is 49.1 Å². The van der Waals surface area contributed by atoms with Crippen LogP contribution in [-0.4, -0.2) is 23.8 Å². The van der Waals surface area contributed by atoms with E-state index in [9.17, 15) is 13.2 Å². The van der Waals surface area contributed by atoms with Crippen LogP contribution >= 0.6 is 11.9 Å². The van der Waals surface area contributed by atoms with Gasteiger partial charge in [-0.15, -0.1) is 13.2 Å². The van der Waals surface area contributed by atoms with E-state index in [2.05, 4.69) is 15.6 Å². The van der Waals surface area contributed by atoms with E-state index < -0.39 is 6.36 Å². The Hall–Kier alpha value is -1.14. The fourth-order valence-electron chi connectivity index (χ4n) is 1.74. The SMILES string of the molecule is C=C1CCN(Sc2ccc(OC(F)(F)F)cc2)CC1. The normalized spacial score (nSPS) is 17.5. The van der Waals surface area contributed by atoms with Crippen molar-refractivity contribution in [3.63, 3.8) is 0 Å². The lowest BCUT2D eigenvalue weighted by Gasteiger charge is -2.26. The van der Waals surface area contributed by atoms with Crippen LogP contribution in [-0.2, 0) is 0 Å². The minimum absolute atomic E-state index is 0.191. The van der Waals surface area contributed by atoms with Gasteiger partial charge >= 0.3 is 6.36 Å². The molecule has 1 fully saturated rings. The largest absolute Gasteiger partial charge is 0.573 e. The van der Waals surface area contributed by atoms with Crippen LogP contribution in [0.15, 0.2) is 41.3 Å². The third kappa shape index (κ3) is 4.80. The van der Waals surface area contributed by atoms with E-state index in [1.165, 1.54) is 17.7 Å². The summed E-state index contributed by atoms with van der Waals surface area (Å²) in [5.74, 6) is -0.191. The van der Waals surface area contributed by atoms with Gasteiger partial charge in [0.05, 0.1) is 0 Å². The third-order valence-electron chi connectivity index (χ3n) is 2.72. The minimum Gasteiger partial charge on any atom is -0.406 e. The Morgan fingerprint density at radius 1 is 1.11 bits per heavy atom. The first kappa shape index (κ1) is 14.3. The summed E-state index contributed by atoms with van der Waals surface area (Å²) < 4.78 is 42.0. The molecule has 0 unspecified atom stereocenters. The quantitative estimate of drug-likeness (QED) is 0.610. The molecule has 0 amide bonds. The van der Waals surface area contributed by atoms with E-state index in [1.54, 1.807) is 24.1 Å². The zero-order valence-electron chi connectivity index (χ0n) is 10.2. The average Bonchev–Trinajstić information content (AvgIpc) is 2.33. The molecule has 1 aliphatic heterocycles. The molecule has 0 spiro atoms. The second-order valence-electron chi connectivity index (χ2n) is 4.29. The number of benzene rings is 1. The summed E-state index contributed by atoms with van der Waals surface area (Å²) in [6.07, 6.45) is -2.69. The van der Waals surface area contributed by atoms with Gasteiger partial charge in [0.15, 0.2) is 0 Å². The highest BCUT2D eigenvalue weighted by molar-refractivity contribution is 7.97. The Labute approximate surface area is 114 Å². The van der Waals surface area contributed by atoms with Crippen molar-refractivity contribution < 1.29 is 17.9 Å². The summed E-state index contributed by atoms with van der Waals surface area (Å²) in [5.41, 5.74) is 1.26. The van der Waals surface area contributed by atoms with Crippen molar-refractivity contribution in [2.45, 2.75) is 24.1 Å². The molecule has 1 aliphatic rings. The molecule has 0 bridgehead atoms. The first-order valence-corrected chi connectivity index (χ1v) is 6.65. The van der Waals surface area contributed by atoms with Crippen molar-refractivity contribution in [3.05, 3.63) is 36.4 Å². The lowest BCUT2D eigenvalue weighted by Crippen LogP contribution is -2.23. The highest BCUT2D eigenvalue weighted by Crippen LogP contribution is 2.30. The van der Waals surface area contributed by atoms with Crippen molar-refractivity contribution in [1.29, 1.82) is 0 Å². The van der Waals surface area contributed by atoms with E-state index in [-0.39, 0.29) is 5.75 Å². The number of ether oxygens (including phenoxy) is 1. The lowest BCUT2D eigenvalue weighted by atomic mass is 10.1. The van der Waals surface area contributed by atoms with Gasteiger partial charge in [0.25, 0.3) is 0 Å². The van der Waals surface area contributed by atoms with Crippen molar-refractivity contribution >= 4 is 11.9 Å². The first-order valence-electron chi connectivity index (χ1n) is 5.88. The van der Waals surface area contributed by atoms with E-state index in [0.717, 1.165) is 30.8 Å². The fourth-order valence-corrected chi connectivity index (χ4v) is 2.67. The van der Waals surface area contributed by atoms with Gasteiger partial charge in [0.1, 0.15) is 5.75 Å². The van der Waals surface area contributed by atoms with E-state index in [4.69, 9.17) is 0 Å². The van der Waals surface area contributed by atoms with Crippen LogP contribution in [0.1, 0.15) is 12.8 Å². The van der Waals surface area contributed by atoms with Gasteiger partial charge in [0.2, 0.25) is 0 Å². The Kier molecular flexibility index (Phi) is 4.42. The molecular formula is C13H14F3NOS. The lowest BCUT2D eigenvalue weighted by molar-refractivity contribution is -0.274. The number of hydrogen-bond donors (Lipinski definition) is 0. The molecule has 19 heavy (non-hydrogen) atoms. The first-order chi connectivity index (χ1) is 8.92. The van der Waals surface area contributed by atoms with Crippen LogP contribution in [0.3, 0.4) is 0 Å². The van der Waals surface area contributed by atoms with Gasteiger partial charge in [-0.2, -0.15) is 0 Å². The maximum atomic E-state index is 12.0. The molecule has 0 aromatic heterocycles. The molecule has 2 rings (SSSR count).